The van der Waals surface area contributed by atoms with Gasteiger partial charge in [0.1, 0.15) is 11.6 Å². The van der Waals surface area contributed by atoms with Crippen LogP contribution in [0.1, 0.15) is 10.4 Å². The molecule has 0 radical (unpaired) electrons. The lowest BCUT2D eigenvalue weighted by Crippen LogP contribution is -2.44. The largest absolute Gasteiger partial charge is 0.497 e. The lowest BCUT2D eigenvalue weighted by atomic mass is 10.2. The first-order valence-corrected chi connectivity index (χ1v) is 8.52. The number of methoxy groups -OCH3 is 1. The highest BCUT2D eigenvalue weighted by atomic mass is 16.5. The van der Waals surface area contributed by atoms with Crippen molar-refractivity contribution in [3.8, 4) is 11.4 Å². The zero-order valence-corrected chi connectivity index (χ0v) is 14.2. The molecule has 128 valence electrons. The average Bonchev–Trinajstić information content (AvgIpc) is 3.03. The first-order valence-electron chi connectivity index (χ1n) is 8.52. The smallest absolute Gasteiger partial charge is 0.154 e. The second kappa shape index (κ2) is 6.61. The minimum absolute atomic E-state index is 0.758. The van der Waals surface area contributed by atoms with E-state index in [-0.39, 0.29) is 0 Å². The van der Waals surface area contributed by atoms with Crippen molar-refractivity contribution in [2.24, 2.45) is 0 Å². The molecule has 0 saturated carbocycles. The summed E-state index contributed by atoms with van der Waals surface area (Å²) in [5.41, 5.74) is 2.83. The minimum atomic E-state index is 0.758. The Kier molecular flexibility index (Phi) is 4.15. The van der Waals surface area contributed by atoms with E-state index in [0.29, 0.717) is 0 Å². The van der Waals surface area contributed by atoms with Crippen molar-refractivity contribution in [1.29, 1.82) is 0 Å². The van der Waals surface area contributed by atoms with E-state index in [1.807, 2.05) is 42.5 Å². The van der Waals surface area contributed by atoms with Crippen LogP contribution in [0.15, 0.2) is 48.5 Å². The molecule has 0 bridgehead atoms. The van der Waals surface area contributed by atoms with Crippen molar-refractivity contribution in [2.75, 3.05) is 38.2 Å². The quantitative estimate of drug-likeness (QED) is 0.745. The number of carbonyl (C=O) groups is 1. The van der Waals surface area contributed by atoms with Crippen LogP contribution in [0, 0.1) is 0 Å². The normalized spacial score (nSPS) is 14.7. The van der Waals surface area contributed by atoms with Gasteiger partial charge in [0.05, 0.1) is 18.2 Å². The van der Waals surface area contributed by atoms with Crippen LogP contribution in [-0.2, 0) is 0 Å². The van der Waals surface area contributed by atoms with E-state index in [1.165, 1.54) is 0 Å². The summed E-state index contributed by atoms with van der Waals surface area (Å²) < 4.78 is 7.47. The summed E-state index contributed by atoms with van der Waals surface area (Å²) in [6.07, 6.45) is 0.986. The van der Waals surface area contributed by atoms with Crippen LogP contribution in [0.25, 0.3) is 16.6 Å². The number of aldehydes is 1. The Morgan fingerprint density at radius 1 is 1.04 bits per heavy atom. The Morgan fingerprint density at radius 2 is 1.76 bits per heavy atom. The fourth-order valence-electron chi connectivity index (χ4n) is 3.55. The molecule has 1 aromatic heterocycles. The van der Waals surface area contributed by atoms with Gasteiger partial charge in [0.2, 0.25) is 0 Å². The first kappa shape index (κ1) is 15.7. The predicted molar refractivity (Wildman–Crippen MR) is 100 cm³/mol. The molecule has 4 rings (SSSR count). The molecule has 25 heavy (non-hydrogen) atoms. The number of aromatic nitrogens is 1. The number of ether oxygens (including phenoxy) is 1. The van der Waals surface area contributed by atoms with Crippen LogP contribution in [0.5, 0.6) is 5.75 Å². The molecule has 5 nitrogen and oxygen atoms in total. The molecule has 1 N–H and O–H groups in total. The number of hydrogen-bond donors (Lipinski definition) is 1. The number of rotatable bonds is 4. The Balaban J connectivity index is 1.97. The molecule has 0 unspecified atom stereocenters. The van der Waals surface area contributed by atoms with Crippen LogP contribution < -0.4 is 15.0 Å². The number of benzene rings is 2. The van der Waals surface area contributed by atoms with Gasteiger partial charge in [0.15, 0.2) is 6.29 Å². The van der Waals surface area contributed by atoms with Gasteiger partial charge in [0.25, 0.3) is 0 Å². The number of nitrogens with zero attached hydrogens (tertiary/aromatic N) is 2. The summed E-state index contributed by atoms with van der Waals surface area (Å²) in [4.78, 5) is 14.2. The van der Waals surface area contributed by atoms with E-state index in [2.05, 4.69) is 20.9 Å². The van der Waals surface area contributed by atoms with Gasteiger partial charge < -0.3 is 15.0 Å². The molecule has 0 aliphatic carbocycles. The second-order valence-corrected chi connectivity index (χ2v) is 6.14. The first-order chi connectivity index (χ1) is 12.3. The zero-order valence-electron chi connectivity index (χ0n) is 14.2. The highest BCUT2D eigenvalue weighted by molar-refractivity contribution is 6.05. The standard InChI is InChI=1S/C20H21N3O2/c1-25-16-8-6-15(7-9-16)23-19-5-3-2-4-17(19)18(14-24)20(23)22-12-10-21-11-13-22/h2-9,14,21H,10-13H2,1H3. The maximum atomic E-state index is 12.0. The molecule has 0 spiro atoms. The SMILES string of the molecule is COc1ccc(-n2c(N3CCNCC3)c(C=O)c3ccccc32)cc1. The van der Waals surface area contributed by atoms with Crippen LogP contribution in [-0.4, -0.2) is 44.1 Å². The highest BCUT2D eigenvalue weighted by Crippen LogP contribution is 2.35. The van der Waals surface area contributed by atoms with E-state index in [1.54, 1.807) is 7.11 Å². The lowest BCUT2D eigenvalue weighted by Gasteiger charge is -2.31. The molecular formula is C20H21N3O2. The van der Waals surface area contributed by atoms with Gasteiger partial charge in [-0.3, -0.25) is 9.36 Å². The van der Waals surface area contributed by atoms with E-state index in [4.69, 9.17) is 4.74 Å². The number of fused-ring (bicyclic) bond motifs is 1. The van der Waals surface area contributed by atoms with Crippen molar-refractivity contribution >= 4 is 23.0 Å². The molecule has 3 aromatic rings. The third kappa shape index (κ3) is 2.66. The number of anilines is 1. The predicted octanol–water partition coefficient (Wildman–Crippen LogP) is 2.86. The molecule has 1 fully saturated rings. The minimum Gasteiger partial charge on any atom is -0.497 e. The maximum absolute atomic E-state index is 12.0. The van der Waals surface area contributed by atoms with Crippen LogP contribution in [0.3, 0.4) is 0 Å². The summed E-state index contributed by atoms with van der Waals surface area (Å²) in [6, 6.07) is 16.0. The van der Waals surface area contributed by atoms with Crippen molar-refractivity contribution < 1.29 is 9.53 Å². The molecule has 0 amide bonds. The second-order valence-electron chi connectivity index (χ2n) is 6.14. The van der Waals surface area contributed by atoms with Crippen molar-refractivity contribution in [3.63, 3.8) is 0 Å². The topological polar surface area (TPSA) is 46.5 Å². The average molecular weight is 335 g/mol. The fourth-order valence-corrected chi connectivity index (χ4v) is 3.55. The number of nitrogens with one attached hydrogen (secondary N) is 1. The number of piperazine rings is 1. The van der Waals surface area contributed by atoms with Gasteiger partial charge in [-0.25, -0.2) is 0 Å². The van der Waals surface area contributed by atoms with Gasteiger partial charge in [-0.1, -0.05) is 18.2 Å². The number of para-hydroxylation sites is 1. The van der Waals surface area contributed by atoms with E-state index in [0.717, 1.165) is 66.2 Å². The fraction of sp³-hybridized carbons (Fsp3) is 0.250. The Hall–Kier alpha value is -2.79. The molecule has 1 aliphatic rings. The van der Waals surface area contributed by atoms with Crippen molar-refractivity contribution in [2.45, 2.75) is 0 Å². The number of hydrogen-bond acceptors (Lipinski definition) is 4. The monoisotopic (exact) mass is 335 g/mol. The molecule has 5 heteroatoms. The zero-order chi connectivity index (χ0) is 17.2. The molecular weight excluding hydrogens is 314 g/mol. The van der Waals surface area contributed by atoms with Gasteiger partial charge >= 0.3 is 0 Å². The Morgan fingerprint density at radius 3 is 2.44 bits per heavy atom. The lowest BCUT2D eigenvalue weighted by molar-refractivity contribution is 0.112. The van der Waals surface area contributed by atoms with Crippen molar-refractivity contribution in [3.05, 3.63) is 54.1 Å². The molecule has 1 aliphatic heterocycles. The van der Waals surface area contributed by atoms with Gasteiger partial charge in [-0.2, -0.15) is 0 Å². The summed E-state index contributed by atoms with van der Waals surface area (Å²) in [5.74, 6) is 1.79. The van der Waals surface area contributed by atoms with Gasteiger partial charge in [0, 0.05) is 37.3 Å². The summed E-state index contributed by atoms with van der Waals surface area (Å²) in [5, 5.41) is 4.36. The van der Waals surface area contributed by atoms with Crippen LogP contribution in [0.2, 0.25) is 0 Å². The maximum Gasteiger partial charge on any atom is 0.154 e. The molecule has 1 saturated heterocycles. The third-order valence-corrected chi connectivity index (χ3v) is 4.75. The molecule has 2 heterocycles. The highest BCUT2D eigenvalue weighted by Gasteiger charge is 2.23. The van der Waals surface area contributed by atoms with Crippen LogP contribution >= 0.6 is 0 Å². The van der Waals surface area contributed by atoms with Crippen molar-refractivity contribution in [1.82, 2.24) is 9.88 Å². The van der Waals surface area contributed by atoms with Gasteiger partial charge in [-0.15, -0.1) is 0 Å². The molecule has 2 aromatic carbocycles. The molecule has 0 atom stereocenters. The third-order valence-electron chi connectivity index (χ3n) is 4.75. The van der Waals surface area contributed by atoms with Gasteiger partial charge in [-0.05, 0) is 30.3 Å². The summed E-state index contributed by atoms with van der Waals surface area (Å²) in [6.45, 7) is 3.60. The van der Waals surface area contributed by atoms with Crippen LogP contribution in [0.4, 0.5) is 5.82 Å². The van der Waals surface area contributed by atoms with E-state index >= 15 is 0 Å². The van der Waals surface area contributed by atoms with E-state index < -0.39 is 0 Å². The summed E-state index contributed by atoms with van der Waals surface area (Å²) >= 11 is 0. The van der Waals surface area contributed by atoms with E-state index in [9.17, 15) is 4.79 Å². The summed E-state index contributed by atoms with van der Waals surface area (Å²) in [7, 11) is 1.66. The Bertz CT molecular complexity index is 893. The number of carbonyl (C=O) groups excluding carboxylic acids is 1. The Labute approximate surface area is 146 Å².